The summed E-state index contributed by atoms with van der Waals surface area (Å²) in [7, 11) is 1.24. The highest BCUT2D eigenvalue weighted by atomic mass is 32.1. The van der Waals surface area contributed by atoms with Crippen LogP contribution in [0.3, 0.4) is 0 Å². The first-order valence-corrected chi connectivity index (χ1v) is 6.66. The minimum absolute atomic E-state index is 0.00310. The van der Waals surface area contributed by atoms with Crippen molar-refractivity contribution < 1.29 is 19.4 Å². The third-order valence-corrected chi connectivity index (χ3v) is 3.43. The molecular weight excluding hydrogens is 254 g/mol. The van der Waals surface area contributed by atoms with E-state index in [4.69, 9.17) is 5.11 Å². The number of carbonyl (C=O) groups is 2. The van der Waals surface area contributed by atoms with E-state index in [1.54, 1.807) is 5.38 Å². The lowest BCUT2D eigenvalue weighted by Gasteiger charge is -2.05. The SMILES string of the molecule is CCCCCNc1csc(C(=O)OC)c1C(=O)O. The zero-order valence-corrected chi connectivity index (χ0v) is 11.3. The molecule has 0 radical (unpaired) electrons. The lowest BCUT2D eigenvalue weighted by atomic mass is 10.2. The first-order valence-electron chi connectivity index (χ1n) is 5.78. The fourth-order valence-corrected chi connectivity index (χ4v) is 2.47. The number of rotatable bonds is 7. The Hall–Kier alpha value is -1.56. The summed E-state index contributed by atoms with van der Waals surface area (Å²) < 4.78 is 4.56. The van der Waals surface area contributed by atoms with Crippen molar-refractivity contribution >= 4 is 29.0 Å². The molecule has 100 valence electrons. The van der Waals surface area contributed by atoms with Crippen LogP contribution in [0.25, 0.3) is 0 Å². The first-order chi connectivity index (χ1) is 8.61. The molecular formula is C12H17NO4S. The average molecular weight is 271 g/mol. The minimum atomic E-state index is -1.12. The van der Waals surface area contributed by atoms with Crippen molar-refractivity contribution in [3.8, 4) is 0 Å². The summed E-state index contributed by atoms with van der Waals surface area (Å²) in [6.45, 7) is 2.80. The van der Waals surface area contributed by atoms with Crippen molar-refractivity contribution in [2.24, 2.45) is 0 Å². The number of carboxylic acid groups (broad SMARTS) is 1. The molecule has 1 heterocycles. The molecule has 0 amide bonds. The number of hydrogen-bond donors (Lipinski definition) is 2. The molecule has 1 aromatic rings. The van der Waals surface area contributed by atoms with Crippen molar-refractivity contribution in [2.75, 3.05) is 19.0 Å². The van der Waals surface area contributed by atoms with Crippen molar-refractivity contribution in [3.05, 3.63) is 15.8 Å². The Kier molecular flexibility index (Phi) is 5.64. The van der Waals surface area contributed by atoms with Crippen LogP contribution in [0.4, 0.5) is 5.69 Å². The normalized spacial score (nSPS) is 10.1. The van der Waals surface area contributed by atoms with Gasteiger partial charge in [0.15, 0.2) is 0 Å². The van der Waals surface area contributed by atoms with E-state index in [0.29, 0.717) is 12.2 Å². The maximum absolute atomic E-state index is 11.4. The largest absolute Gasteiger partial charge is 0.478 e. The first kappa shape index (κ1) is 14.5. The Balaban J connectivity index is 2.82. The number of methoxy groups -OCH3 is 1. The molecule has 0 unspecified atom stereocenters. The van der Waals surface area contributed by atoms with Crippen LogP contribution in [0.1, 0.15) is 46.2 Å². The molecule has 6 heteroatoms. The van der Waals surface area contributed by atoms with E-state index < -0.39 is 11.9 Å². The van der Waals surface area contributed by atoms with Gasteiger partial charge in [0.1, 0.15) is 10.4 Å². The Morgan fingerprint density at radius 3 is 2.72 bits per heavy atom. The van der Waals surface area contributed by atoms with Crippen LogP contribution in [0.15, 0.2) is 5.38 Å². The Bertz CT molecular complexity index is 428. The Morgan fingerprint density at radius 2 is 2.17 bits per heavy atom. The molecule has 0 aliphatic carbocycles. The molecule has 0 saturated heterocycles. The van der Waals surface area contributed by atoms with Gasteiger partial charge in [-0.25, -0.2) is 9.59 Å². The fourth-order valence-electron chi connectivity index (χ4n) is 1.54. The highest BCUT2D eigenvalue weighted by Crippen LogP contribution is 2.28. The van der Waals surface area contributed by atoms with Crippen LogP contribution in [0, 0.1) is 0 Å². The van der Waals surface area contributed by atoms with E-state index in [1.165, 1.54) is 7.11 Å². The topological polar surface area (TPSA) is 75.6 Å². The van der Waals surface area contributed by atoms with Gasteiger partial charge in [0.25, 0.3) is 0 Å². The molecule has 0 bridgehead atoms. The predicted molar refractivity (Wildman–Crippen MR) is 70.6 cm³/mol. The zero-order chi connectivity index (χ0) is 13.5. The van der Waals surface area contributed by atoms with E-state index in [-0.39, 0.29) is 10.4 Å². The summed E-state index contributed by atoms with van der Waals surface area (Å²) in [4.78, 5) is 22.7. The molecule has 2 N–H and O–H groups in total. The molecule has 1 aromatic heterocycles. The van der Waals surface area contributed by atoms with Gasteiger partial charge in [-0.05, 0) is 6.42 Å². The highest BCUT2D eigenvalue weighted by molar-refractivity contribution is 7.13. The number of carbonyl (C=O) groups excluding carboxylic acids is 1. The second kappa shape index (κ2) is 7.00. The molecule has 0 aliphatic rings. The lowest BCUT2D eigenvalue weighted by molar-refractivity contribution is 0.0589. The number of unbranched alkanes of at least 4 members (excludes halogenated alkanes) is 2. The number of aromatic carboxylic acids is 1. The maximum Gasteiger partial charge on any atom is 0.349 e. The van der Waals surface area contributed by atoms with Gasteiger partial charge in [-0.2, -0.15) is 0 Å². The van der Waals surface area contributed by atoms with Crippen LogP contribution < -0.4 is 5.32 Å². The van der Waals surface area contributed by atoms with Gasteiger partial charge < -0.3 is 15.2 Å². The van der Waals surface area contributed by atoms with Gasteiger partial charge in [0.05, 0.1) is 12.8 Å². The van der Waals surface area contributed by atoms with Crippen LogP contribution in [0.5, 0.6) is 0 Å². The summed E-state index contributed by atoms with van der Waals surface area (Å²) in [6.07, 6.45) is 3.16. The van der Waals surface area contributed by atoms with Gasteiger partial charge in [0, 0.05) is 11.9 Å². The second-order valence-electron chi connectivity index (χ2n) is 3.78. The summed E-state index contributed by atoms with van der Waals surface area (Å²) in [5.74, 6) is -1.73. The van der Waals surface area contributed by atoms with E-state index in [9.17, 15) is 9.59 Å². The van der Waals surface area contributed by atoms with Gasteiger partial charge in [0.2, 0.25) is 0 Å². The zero-order valence-electron chi connectivity index (χ0n) is 10.5. The molecule has 0 aromatic carbocycles. The van der Waals surface area contributed by atoms with E-state index in [2.05, 4.69) is 17.0 Å². The van der Waals surface area contributed by atoms with Crippen molar-refractivity contribution in [1.82, 2.24) is 0 Å². The molecule has 0 fully saturated rings. The van der Waals surface area contributed by atoms with Crippen LogP contribution in [0.2, 0.25) is 0 Å². The second-order valence-corrected chi connectivity index (χ2v) is 4.66. The van der Waals surface area contributed by atoms with Crippen molar-refractivity contribution in [3.63, 3.8) is 0 Å². The highest BCUT2D eigenvalue weighted by Gasteiger charge is 2.23. The molecule has 1 rings (SSSR count). The maximum atomic E-state index is 11.4. The third-order valence-electron chi connectivity index (χ3n) is 2.47. The van der Waals surface area contributed by atoms with Crippen molar-refractivity contribution in [2.45, 2.75) is 26.2 Å². The predicted octanol–water partition coefficient (Wildman–Crippen LogP) is 2.84. The Morgan fingerprint density at radius 1 is 1.44 bits per heavy atom. The van der Waals surface area contributed by atoms with Gasteiger partial charge in [-0.3, -0.25) is 0 Å². The molecule has 0 spiro atoms. The van der Waals surface area contributed by atoms with Crippen LogP contribution in [-0.2, 0) is 4.74 Å². The molecule has 0 atom stereocenters. The number of thiophene rings is 1. The van der Waals surface area contributed by atoms with Crippen LogP contribution >= 0.6 is 11.3 Å². The molecule has 18 heavy (non-hydrogen) atoms. The number of nitrogens with one attached hydrogen (secondary N) is 1. The summed E-state index contributed by atoms with van der Waals surface area (Å²) in [6, 6.07) is 0. The molecule has 0 saturated carbocycles. The average Bonchev–Trinajstić information content (AvgIpc) is 2.77. The van der Waals surface area contributed by atoms with E-state index in [1.807, 2.05) is 0 Å². The summed E-state index contributed by atoms with van der Waals surface area (Å²) in [5, 5.41) is 13.8. The number of anilines is 1. The van der Waals surface area contributed by atoms with E-state index in [0.717, 1.165) is 30.6 Å². The quantitative estimate of drug-likeness (QED) is 0.589. The lowest BCUT2D eigenvalue weighted by Crippen LogP contribution is -2.10. The minimum Gasteiger partial charge on any atom is -0.478 e. The summed E-state index contributed by atoms with van der Waals surface area (Å²) in [5.41, 5.74) is 0.493. The standard InChI is InChI=1S/C12H17NO4S/c1-3-4-5-6-13-8-7-18-10(12(16)17-2)9(8)11(14)15/h7,13H,3-6H2,1-2H3,(H,14,15). The number of ether oxygens (including phenoxy) is 1. The molecule has 0 aliphatic heterocycles. The number of hydrogen-bond acceptors (Lipinski definition) is 5. The Labute approximate surface area is 110 Å². The van der Waals surface area contributed by atoms with Crippen LogP contribution in [-0.4, -0.2) is 30.7 Å². The fraction of sp³-hybridized carbons (Fsp3) is 0.500. The number of esters is 1. The third kappa shape index (κ3) is 3.46. The van der Waals surface area contributed by atoms with Gasteiger partial charge in [-0.1, -0.05) is 19.8 Å². The van der Waals surface area contributed by atoms with Gasteiger partial charge >= 0.3 is 11.9 Å². The van der Waals surface area contributed by atoms with E-state index >= 15 is 0 Å². The van der Waals surface area contributed by atoms with Crippen molar-refractivity contribution in [1.29, 1.82) is 0 Å². The van der Waals surface area contributed by atoms with Gasteiger partial charge in [-0.15, -0.1) is 11.3 Å². The molecule has 5 nitrogen and oxygen atoms in total. The summed E-state index contributed by atoms with van der Waals surface area (Å²) >= 11 is 1.08. The monoisotopic (exact) mass is 271 g/mol. The smallest absolute Gasteiger partial charge is 0.349 e. The number of carboxylic acids is 1.